The van der Waals surface area contributed by atoms with Gasteiger partial charge in [0.1, 0.15) is 13.2 Å². The Bertz CT molecular complexity index is 325. The molecule has 1 aliphatic rings. The maximum Gasteiger partial charge on any atom is 0.302 e. The van der Waals surface area contributed by atoms with Crippen LogP contribution in [0.2, 0.25) is 0 Å². The molecule has 0 fully saturated rings. The SMILES string of the molecule is CC(=O)OCC1=CCC(COC(C)=O)=C1. The fraction of sp³-hybridized carbons (Fsp3) is 0.455. The second-order valence-corrected chi connectivity index (χ2v) is 3.35. The predicted molar refractivity (Wildman–Crippen MR) is 54.0 cm³/mol. The maximum atomic E-state index is 10.6. The van der Waals surface area contributed by atoms with Crippen molar-refractivity contribution in [2.24, 2.45) is 0 Å². The molecular formula is C11H14O4. The standard InChI is InChI=1S/C11H14O4/c1-8(12)14-6-10-3-4-11(5-10)7-15-9(2)13/h3,5H,4,6-7H2,1-2H3. The Balaban J connectivity index is 2.32. The van der Waals surface area contributed by atoms with Crippen LogP contribution < -0.4 is 0 Å². The monoisotopic (exact) mass is 210 g/mol. The summed E-state index contributed by atoms with van der Waals surface area (Å²) in [5.41, 5.74) is 1.97. The summed E-state index contributed by atoms with van der Waals surface area (Å²) in [6.45, 7) is 3.36. The van der Waals surface area contributed by atoms with Crippen molar-refractivity contribution in [3.63, 3.8) is 0 Å². The van der Waals surface area contributed by atoms with Crippen molar-refractivity contribution in [3.8, 4) is 0 Å². The lowest BCUT2D eigenvalue weighted by Crippen LogP contribution is -2.02. The summed E-state index contributed by atoms with van der Waals surface area (Å²) in [5.74, 6) is -0.581. The minimum absolute atomic E-state index is 0.288. The molecule has 4 heteroatoms. The lowest BCUT2D eigenvalue weighted by Gasteiger charge is -2.01. The van der Waals surface area contributed by atoms with Crippen LogP contribution in [-0.2, 0) is 19.1 Å². The third-order valence-electron chi connectivity index (χ3n) is 1.92. The molecule has 4 nitrogen and oxygen atoms in total. The van der Waals surface area contributed by atoms with Crippen molar-refractivity contribution >= 4 is 11.9 Å². The average molecular weight is 210 g/mol. The van der Waals surface area contributed by atoms with Crippen LogP contribution >= 0.6 is 0 Å². The van der Waals surface area contributed by atoms with E-state index in [0.717, 1.165) is 17.6 Å². The van der Waals surface area contributed by atoms with Crippen LogP contribution in [0.4, 0.5) is 0 Å². The minimum atomic E-state index is -0.294. The van der Waals surface area contributed by atoms with Crippen LogP contribution in [0.3, 0.4) is 0 Å². The van der Waals surface area contributed by atoms with E-state index in [2.05, 4.69) is 0 Å². The molecule has 0 N–H and O–H groups in total. The number of hydrogen-bond acceptors (Lipinski definition) is 4. The second kappa shape index (κ2) is 5.34. The van der Waals surface area contributed by atoms with Gasteiger partial charge in [0.2, 0.25) is 0 Å². The largest absolute Gasteiger partial charge is 0.461 e. The fourth-order valence-corrected chi connectivity index (χ4v) is 1.22. The number of carbonyl (C=O) groups excluding carboxylic acids is 2. The summed E-state index contributed by atoms with van der Waals surface area (Å²) >= 11 is 0. The van der Waals surface area contributed by atoms with E-state index in [-0.39, 0.29) is 11.9 Å². The smallest absolute Gasteiger partial charge is 0.302 e. The predicted octanol–water partition coefficient (Wildman–Crippen LogP) is 1.37. The quantitative estimate of drug-likeness (QED) is 0.657. The number of ether oxygens (including phenoxy) is 2. The number of esters is 2. The normalized spacial score (nSPS) is 14.3. The van der Waals surface area contributed by atoms with Gasteiger partial charge in [-0.25, -0.2) is 0 Å². The lowest BCUT2D eigenvalue weighted by molar-refractivity contribution is -0.140. The van der Waals surface area contributed by atoms with E-state index in [9.17, 15) is 9.59 Å². The Hall–Kier alpha value is -1.58. The zero-order valence-corrected chi connectivity index (χ0v) is 8.91. The average Bonchev–Trinajstić information content (AvgIpc) is 2.59. The molecule has 0 atom stereocenters. The molecule has 0 spiro atoms. The summed E-state index contributed by atoms with van der Waals surface area (Å²) in [7, 11) is 0. The number of hydrogen-bond donors (Lipinski definition) is 0. The molecule has 0 heterocycles. The molecule has 0 unspecified atom stereocenters. The Kier molecular flexibility index (Phi) is 4.09. The van der Waals surface area contributed by atoms with Gasteiger partial charge in [-0.05, 0) is 17.6 Å². The summed E-state index contributed by atoms with van der Waals surface area (Å²) < 4.78 is 9.69. The first kappa shape index (κ1) is 11.5. The van der Waals surface area contributed by atoms with Crippen molar-refractivity contribution in [1.82, 2.24) is 0 Å². The van der Waals surface area contributed by atoms with Crippen LogP contribution in [0, 0.1) is 0 Å². The van der Waals surface area contributed by atoms with Crippen molar-refractivity contribution in [2.45, 2.75) is 20.3 Å². The van der Waals surface area contributed by atoms with Gasteiger partial charge in [0.25, 0.3) is 0 Å². The van der Waals surface area contributed by atoms with Crippen LogP contribution in [0.5, 0.6) is 0 Å². The highest BCUT2D eigenvalue weighted by molar-refractivity contribution is 5.66. The van der Waals surface area contributed by atoms with Gasteiger partial charge in [-0.15, -0.1) is 0 Å². The molecule has 15 heavy (non-hydrogen) atoms. The van der Waals surface area contributed by atoms with Crippen molar-refractivity contribution in [1.29, 1.82) is 0 Å². The van der Waals surface area contributed by atoms with Gasteiger partial charge >= 0.3 is 11.9 Å². The minimum Gasteiger partial charge on any atom is -0.461 e. The van der Waals surface area contributed by atoms with Gasteiger partial charge in [-0.3, -0.25) is 9.59 Å². The molecule has 82 valence electrons. The Morgan fingerprint density at radius 2 is 1.80 bits per heavy atom. The van der Waals surface area contributed by atoms with Gasteiger partial charge in [0.15, 0.2) is 0 Å². The van der Waals surface area contributed by atoms with E-state index >= 15 is 0 Å². The highest BCUT2D eigenvalue weighted by Crippen LogP contribution is 2.17. The first-order chi connectivity index (χ1) is 7.08. The Morgan fingerprint density at radius 3 is 2.40 bits per heavy atom. The highest BCUT2D eigenvalue weighted by Gasteiger charge is 2.08. The van der Waals surface area contributed by atoms with Gasteiger partial charge in [-0.1, -0.05) is 12.2 Å². The molecule has 0 aromatic carbocycles. The van der Waals surface area contributed by atoms with Gasteiger partial charge in [-0.2, -0.15) is 0 Å². The third kappa shape index (κ3) is 4.44. The van der Waals surface area contributed by atoms with E-state index in [1.54, 1.807) is 0 Å². The Morgan fingerprint density at radius 1 is 1.20 bits per heavy atom. The first-order valence-electron chi connectivity index (χ1n) is 4.73. The van der Waals surface area contributed by atoms with E-state index in [1.165, 1.54) is 13.8 Å². The second-order valence-electron chi connectivity index (χ2n) is 3.35. The van der Waals surface area contributed by atoms with Gasteiger partial charge in [0, 0.05) is 13.8 Å². The summed E-state index contributed by atoms with van der Waals surface area (Å²) in [6, 6.07) is 0. The summed E-state index contributed by atoms with van der Waals surface area (Å²) in [5, 5.41) is 0. The maximum absolute atomic E-state index is 10.6. The molecule has 0 amide bonds. The zero-order chi connectivity index (χ0) is 11.3. The Labute approximate surface area is 88.6 Å². The molecule has 0 saturated heterocycles. The summed E-state index contributed by atoms with van der Waals surface area (Å²) in [4.78, 5) is 21.1. The molecule has 0 aromatic heterocycles. The molecule has 0 saturated carbocycles. The topological polar surface area (TPSA) is 52.6 Å². The van der Waals surface area contributed by atoms with Crippen LogP contribution in [-0.4, -0.2) is 25.2 Å². The number of rotatable bonds is 4. The van der Waals surface area contributed by atoms with E-state index in [0.29, 0.717) is 13.2 Å². The van der Waals surface area contributed by atoms with E-state index in [1.807, 2.05) is 12.2 Å². The van der Waals surface area contributed by atoms with Crippen LogP contribution in [0.15, 0.2) is 23.3 Å². The van der Waals surface area contributed by atoms with Crippen LogP contribution in [0.1, 0.15) is 20.3 Å². The molecule has 0 radical (unpaired) electrons. The first-order valence-corrected chi connectivity index (χ1v) is 4.73. The van der Waals surface area contributed by atoms with Crippen molar-refractivity contribution in [2.75, 3.05) is 13.2 Å². The molecule has 0 aliphatic heterocycles. The highest BCUT2D eigenvalue weighted by atomic mass is 16.5. The molecule has 1 aliphatic carbocycles. The third-order valence-corrected chi connectivity index (χ3v) is 1.92. The van der Waals surface area contributed by atoms with Gasteiger partial charge < -0.3 is 9.47 Å². The van der Waals surface area contributed by atoms with Crippen molar-refractivity contribution in [3.05, 3.63) is 23.3 Å². The number of allylic oxidation sites excluding steroid dienone is 1. The molecule has 0 bridgehead atoms. The molecular weight excluding hydrogens is 196 g/mol. The summed E-state index contributed by atoms with van der Waals surface area (Å²) in [6.07, 6.45) is 4.61. The zero-order valence-electron chi connectivity index (χ0n) is 8.91. The van der Waals surface area contributed by atoms with Crippen molar-refractivity contribution < 1.29 is 19.1 Å². The van der Waals surface area contributed by atoms with Crippen LogP contribution in [0.25, 0.3) is 0 Å². The van der Waals surface area contributed by atoms with Gasteiger partial charge in [0.05, 0.1) is 0 Å². The van der Waals surface area contributed by atoms with E-state index < -0.39 is 0 Å². The molecule has 0 aromatic rings. The molecule has 1 rings (SSSR count). The number of carbonyl (C=O) groups is 2. The fourth-order valence-electron chi connectivity index (χ4n) is 1.22. The lowest BCUT2D eigenvalue weighted by atomic mass is 10.2. The van der Waals surface area contributed by atoms with E-state index in [4.69, 9.17) is 9.47 Å².